The van der Waals surface area contributed by atoms with Crippen LogP contribution in [0.2, 0.25) is 0 Å². The van der Waals surface area contributed by atoms with Crippen molar-refractivity contribution in [2.45, 2.75) is 12.0 Å². The lowest BCUT2D eigenvalue weighted by Gasteiger charge is -2.30. The summed E-state index contributed by atoms with van der Waals surface area (Å²) in [6.45, 7) is 0. The molecular formula is C52H36N4. The van der Waals surface area contributed by atoms with Crippen molar-refractivity contribution in [1.82, 2.24) is 14.5 Å². The molecule has 4 heteroatoms. The van der Waals surface area contributed by atoms with Crippen LogP contribution in [0.4, 0.5) is 11.4 Å². The summed E-state index contributed by atoms with van der Waals surface area (Å²) in [5.41, 5.74) is 14.7. The summed E-state index contributed by atoms with van der Waals surface area (Å²) in [7, 11) is 0. The molecule has 0 saturated heterocycles. The fourth-order valence-electron chi connectivity index (χ4n) is 8.71. The van der Waals surface area contributed by atoms with E-state index in [4.69, 9.17) is 9.97 Å². The van der Waals surface area contributed by atoms with Gasteiger partial charge in [-0.3, -0.25) is 0 Å². The zero-order chi connectivity index (χ0) is 37.0. The van der Waals surface area contributed by atoms with Gasteiger partial charge in [0, 0.05) is 50.4 Å². The standard InChI is InChI=1S/C52H36N4/c1-4-14-35(15-5-1)46-34-47(54-52(53-46)37-16-6-2-7-17-37)36-24-28-41(29-25-36)55-49-23-13-11-21-43(49)45-32-38(27-31-50(45)55)39-26-30-44-42-20-10-12-22-48(42)56(51(44)33-39)40-18-8-3-9-19-40/h1-34,44,51H. The van der Waals surface area contributed by atoms with Gasteiger partial charge in [0.25, 0.3) is 0 Å². The van der Waals surface area contributed by atoms with E-state index in [0.717, 1.165) is 33.8 Å². The second kappa shape index (κ2) is 13.2. The summed E-state index contributed by atoms with van der Waals surface area (Å²) in [6, 6.07) is 67.0. The number of aromatic nitrogens is 3. The van der Waals surface area contributed by atoms with Crippen molar-refractivity contribution in [2.75, 3.05) is 4.90 Å². The van der Waals surface area contributed by atoms with Crippen molar-refractivity contribution < 1.29 is 0 Å². The summed E-state index contributed by atoms with van der Waals surface area (Å²) in [5, 5.41) is 2.48. The maximum Gasteiger partial charge on any atom is 0.160 e. The normalized spacial score (nSPS) is 15.9. The van der Waals surface area contributed by atoms with Gasteiger partial charge in [-0.05, 0) is 71.3 Å². The molecule has 3 heterocycles. The lowest BCUT2D eigenvalue weighted by atomic mass is 9.86. The zero-order valence-electron chi connectivity index (χ0n) is 30.6. The largest absolute Gasteiger partial charge is 0.333 e. The van der Waals surface area contributed by atoms with Crippen LogP contribution in [-0.4, -0.2) is 20.6 Å². The minimum Gasteiger partial charge on any atom is -0.333 e. The number of para-hydroxylation sites is 3. The van der Waals surface area contributed by atoms with Gasteiger partial charge in [-0.1, -0.05) is 152 Å². The molecule has 0 bridgehead atoms. The Morgan fingerprint density at radius 3 is 1.82 bits per heavy atom. The van der Waals surface area contributed by atoms with Crippen molar-refractivity contribution in [1.29, 1.82) is 0 Å². The van der Waals surface area contributed by atoms with Gasteiger partial charge in [0.1, 0.15) is 0 Å². The minimum atomic E-state index is 0.202. The van der Waals surface area contributed by atoms with E-state index in [1.165, 1.54) is 49.9 Å². The van der Waals surface area contributed by atoms with Gasteiger partial charge in [0.15, 0.2) is 5.82 Å². The Balaban J connectivity index is 0.979. The van der Waals surface area contributed by atoms with E-state index in [9.17, 15) is 0 Å². The van der Waals surface area contributed by atoms with E-state index >= 15 is 0 Å². The van der Waals surface area contributed by atoms with Crippen LogP contribution < -0.4 is 4.90 Å². The van der Waals surface area contributed by atoms with Gasteiger partial charge in [0.2, 0.25) is 0 Å². The highest BCUT2D eigenvalue weighted by Gasteiger charge is 2.38. The SMILES string of the molecule is C1=CC2c3ccccc3N(c3ccccc3)C2C=C1c1ccc2c(c1)c1ccccc1n2-c1ccc(-c2cc(-c3ccccc3)nc(-c3ccccc3)n2)cc1. The first-order chi connectivity index (χ1) is 27.8. The molecule has 1 aliphatic heterocycles. The van der Waals surface area contributed by atoms with Gasteiger partial charge in [-0.25, -0.2) is 9.97 Å². The molecule has 0 spiro atoms. The second-order valence-electron chi connectivity index (χ2n) is 14.6. The van der Waals surface area contributed by atoms with Crippen molar-refractivity contribution >= 4 is 38.8 Å². The molecule has 264 valence electrons. The van der Waals surface area contributed by atoms with E-state index in [-0.39, 0.29) is 6.04 Å². The highest BCUT2D eigenvalue weighted by atomic mass is 15.2. The second-order valence-corrected chi connectivity index (χ2v) is 14.6. The monoisotopic (exact) mass is 716 g/mol. The van der Waals surface area contributed by atoms with Crippen LogP contribution in [-0.2, 0) is 0 Å². The highest BCUT2D eigenvalue weighted by molar-refractivity contribution is 6.10. The van der Waals surface area contributed by atoms with E-state index < -0.39 is 0 Å². The van der Waals surface area contributed by atoms with Crippen molar-refractivity contribution in [3.05, 3.63) is 217 Å². The minimum absolute atomic E-state index is 0.202. The van der Waals surface area contributed by atoms with Crippen LogP contribution in [0.5, 0.6) is 0 Å². The third-order valence-corrected chi connectivity index (χ3v) is 11.3. The van der Waals surface area contributed by atoms with E-state index in [2.05, 4.69) is 191 Å². The summed E-state index contributed by atoms with van der Waals surface area (Å²) < 4.78 is 2.38. The number of anilines is 2. The van der Waals surface area contributed by atoms with Crippen molar-refractivity contribution in [3.8, 4) is 39.6 Å². The van der Waals surface area contributed by atoms with E-state index in [1.54, 1.807) is 0 Å². The molecule has 0 radical (unpaired) electrons. The Labute approximate surface area is 326 Å². The van der Waals surface area contributed by atoms with Crippen LogP contribution in [0.25, 0.3) is 67.0 Å². The van der Waals surface area contributed by atoms with Gasteiger partial charge < -0.3 is 9.47 Å². The third kappa shape index (κ3) is 5.38. The number of hydrogen-bond donors (Lipinski definition) is 0. The molecule has 4 nitrogen and oxygen atoms in total. The number of fused-ring (bicyclic) bond motifs is 6. The zero-order valence-corrected chi connectivity index (χ0v) is 30.6. The molecule has 0 amide bonds. The van der Waals surface area contributed by atoms with Crippen LogP contribution in [0.15, 0.2) is 206 Å². The Morgan fingerprint density at radius 1 is 0.446 bits per heavy atom. The number of allylic oxidation sites excluding steroid dienone is 2. The molecule has 0 saturated carbocycles. The van der Waals surface area contributed by atoms with Gasteiger partial charge >= 0.3 is 0 Å². The van der Waals surface area contributed by atoms with E-state index in [1.807, 2.05) is 24.3 Å². The molecule has 0 fully saturated rings. The predicted octanol–water partition coefficient (Wildman–Crippen LogP) is 12.8. The molecule has 9 aromatic rings. The first kappa shape index (κ1) is 32.2. The highest BCUT2D eigenvalue weighted by Crippen LogP contribution is 2.49. The van der Waals surface area contributed by atoms with Gasteiger partial charge in [-0.2, -0.15) is 0 Å². The quantitative estimate of drug-likeness (QED) is 0.172. The molecular weight excluding hydrogens is 681 g/mol. The maximum absolute atomic E-state index is 5.07. The topological polar surface area (TPSA) is 34.0 Å². The number of hydrogen-bond acceptors (Lipinski definition) is 3. The first-order valence-corrected chi connectivity index (χ1v) is 19.2. The van der Waals surface area contributed by atoms with Gasteiger partial charge in [-0.15, -0.1) is 0 Å². The van der Waals surface area contributed by atoms with Gasteiger partial charge in [0.05, 0.1) is 28.5 Å². The molecule has 1 aliphatic carbocycles. The Bertz CT molecular complexity index is 2900. The predicted molar refractivity (Wildman–Crippen MR) is 231 cm³/mol. The molecule has 2 aromatic heterocycles. The summed E-state index contributed by atoms with van der Waals surface area (Å²) in [4.78, 5) is 12.6. The fourth-order valence-corrected chi connectivity index (χ4v) is 8.71. The summed E-state index contributed by atoms with van der Waals surface area (Å²) >= 11 is 0. The number of rotatable bonds is 6. The molecule has 7 aromatic carbocycles. The molecule has 56 heavy (non-hydrogen) atoms. The smallest absolute Gasteiger partial charge is 0.160 e. The molecule has 0 N–H and O–H groups in total. The van der Waals surface area contributed by atoms with E-state index in [0.29, 0.717) is 11.7 Å². The Morgan fingerprint density at radius 2 is 1.05 bits per heavy atom. The third-order valence-electron chi connectivity index (χ3n) is 11.3. The van der Waals surface area contributed by atoms with Crippen LogP contribution >= 0.6 is 0 Å². The molecule has 11 rings (SSSR count). The summed E-state index contributed by atoms with van der Waals surface area (Å²) in [5.74, 6) is 1.02. The van der Waals surface area contributed by atoms with Crippen LogP contribution in [0.1, 0.15) is 17.0 Å². The van der Waals surface area contributed by atoms with Crippen LogP contribution in [0, 0.1) is 0 Å². The molecule has 2 aliphatic rings. The van der Waals surface area contributed by atoms with Crippen molar-refractivity contribution in [2.24, 2.45) is 0 Å². The van der Waals surface area contributed by atoms with Crippen molar-refractivity contribution in [3.63, 3.8) is 0 Å². The fraction of sp³-hybridized carbons (Fsp3) is 0.0385. The Kier molecular flexibility index (Phi) is 7.59. The lowest BCUT2D eigenvalue weighted by Crippen LogP contribution is -2.29. The first-order valence-electron chi connectivity index (χ1n) is 19.2. The summed E-state index contributed by atoms with van der Waals surface area (Å²) in [6.07, 6.45) is 7.20. The lowest BCUT2D eigenvalue weighted by molar-refractivity contribution is 0.747. The molecule has 2 atom stereocenters. The number of benzene rings is 7. The Hall–Kier alpha value is -7.30. The average Bonchev–Trinajstić information content (AvgIpc) is 3.79. The number of nitrogens with zero attached hydrogens (tertiary/aromatic N) is 4. The maximum atomic E-state index is 5.07. The molecule has 2 unspecified atom stereocenters. The average molecular weight is 717 g/mol. The van der Waals surface area contributed by atoms with Crippen LogP contribution in [0.3, 0.4) is 0 Å².